The molecule has 1 fully saturated rings. The molecule has 5 nitrogen and oxygen atoms in total. The molecule has 0 unspecified atom stereocenters. The fourth-order valence-electron chi connectivity index (χ4n) is 2.42. The second-order valence-electron chi connectivity index (χ2n) is 5.14. The summed E-state index contributed by atoms with van der Waals surface area (Å²) >= 11 is 5.96. The standard InChI is InChI=1S/C14H21ClN2O3S/c15-13-6-5-11(10-16)9-14(13)21(18,19)17-7-8-20-12-3-1-2-4-12/h5-6,9,12,17H,1-4,7-8,10,16H2. The first-order valence-electron chi connectivity index (χ1n) is 7.12. The van der Waals surface area contributed by atoms with E-state index in [4.69, 9.17) is 22.1 Å². The first-order chi connectivity index (χ1) is 10.0. The molecule has 0 spiro atoms. The van der Waals surface area contributed by atoms with Crippen LogP contribution in [-0.2, 0) is 21.3 Å². The Hall–Kier alpha value is -0.660. The lowest BCUT2D eigenvalue weighted by Gasteiger charge is -2.12. The van der Waals surface area contributed by atoms with Crippen LogP contribution in [0.15, 0.2) is 23.1 Å². The van der Waals surface area contributed by atoms with Crippen LogP contribution in [0.25, 0.3) is 0 Å². The van der Waals surface area contributed by atoms with Gasteiger partial charge in [0.25, 0.3) is 0 Å². The maximum absolute atomic E-state index is 12.2. The number of benzene rings is 1. The predicted molar refractivity (Wildman–Crippen MR) is 82.7 cm³/mol. The van der Waals surface area contributed by atoms with Crippen LogP contribution in [0.4, 0.5) is 0 Å². The SMILES string of the molecule is NCc1ccc(Cl)c(S(=O)(=O)NCCOC2CCCC2)c1. The second-order valence-corrected chi connectivity index (χ2v) is 7.29. The van der Waals surface area contributed by atoms with Crippen LogP contribution in [0.1, 0.15) is 31.2 Å². The van der Waals surface area contributed by atoms with Crippen molar-refractivity contribution in [3.8, 4) is 0 Å². The van der Waals surface area contributed by atoms with Gasteiger partial charge in [0.1, 0.15) is 4.90 Å². The minimum absolute atomic E-state index is 0.0629. The molecule has 2 rings (SSSR count). The molecule has 0 aliphatic heterocycles. The largest absolute Gasteiger partial charge is 0.377 e. The summed E-state index contributed by atoms with van der Waals surface area (Å²) in [6, 6.07) is 4.76. The second kappa shape index (κ2) is 7.56. The minimum atomic E-state index is -3.64. The molecule has 0 saturated heterocycles. The summed E-state index contributed by atoms with van der Waals surface area (Å²) in [4.78, 5) is 0.0629. The third-order valence-electron chi connectivity index (χ3n) is 3.57. The van der Waals surface area contributed by atoms with Crippen LogP contribution >= 0.6 is 11.6 Å². The van der Waals surface area contributed by atoms with Gasteiger partial charge in [-0.05, 0) is 30.5 Å². The van der Waals surface area contributed by atoms with Crippen LogP contribution in [0.5, 0.6) is 0 Å². The van der Waals surface area contributed by atoms with Crippen LogP contribution in [-0.4, -0.2) is 27.7 Å². The zero-order chi connectivity index (χ0) is 15.3. The van der Waals surface area contributed by atoms with Crippen LogP contribution in [0.2, 0.25) is 5.02 Å². The number of halogens is 1. The van der Waals surface area contributed by atoms with Crippen molar-refractivity contribution < 1.29 is 13.2 Å². The van der Waals surface area contributed by atoms with Crippen LogP contribution in [0.3, 0.4) is 0 Å². The van der Waals surface area contributed by atoms with Crippen molar-refractivity contribution in [2.24, 2.45) is 5.73 Å². The number of nitrogens with two attached hydrogens (primary N) is 1. The fraction of sp³-hybridized carbons (Fsp3) is 0.571. The molecule has 0 aromatic heterocycles. The van der Waals surface area contributed by atoms with Gasteiger partial charge in [0.15, 0.2) is 0 Å². The average molecular weight is 333 g/mol. The number of hydrogen-bond acceptors (Lipinski definition) is 4. The van der Waals surface area contributed by atoms with Gasteiger partial charge in [-0.1, -0.05) is 30.5 Å². The molecule has 0 amide bonds. The van der Waals surface area contributed by atoms with Gasteiger partial charge in [-0.3, -0.25) is 0 Å². The van der Waals surface area contributed by atoms with E-state index in [0.717, 1.165) is 18.4 Å². The molecule has 21 heavy (non-hydrogen) atoms. The molecule has 7 heteroatoms. The molecule has 118 valence electrons. The topological polar surface area (TPSA) is 81.4 Å². The molecule has 0 bridgehead atoms. The highest BCUT2D eigenvalue weighted by atomic mass is 35.5. The van der Waals surface area contributed by atoms with Crippen LogP contribution < -0.4 is 10.5 Å². The molecule has 1 aliphatic rings. The summed E-state index contributed by atoms with van der Waals surface area (Å²) < 4.78 is 32.6. The number of ether oxygens (including phenoxy) is 1. The fourth-order valence-corrected chi connectivity index (χ4v) is 3.98. The van der Waals surface area contributed by atoms with E-state index in [1.54, 1.807) is 12.1 Å². The quantitative estimate of drug-likeness (QED) is 0.749. The van der Waals surface area contributed by atoms with Gasteiger partial charge in [-0.25, -0.2) is 13.1 Å². The van der Waals surface area contributed by atoms with Gasteiger partial charge in [0.2, 0.25) is 10.0 Å². The molecular weight excluding hydrogens is 312 g/mol. The van der Waals surface area contributed by atoms with E-state index in [-0.39, 0.29) is 29.1 Å². The Morgan fingerprint density at radius 2 is 2.05 bits per heavy atom. The molecule has 3 N–H and O–H groups in total. The van der Waals surface area contributed by atoms with E-state index in [2.05, 4.69) is 4.72 Å². The van der Waals surface area contributed by atoms with Crippen molar-refractivity contribution in [1.29, 1.82) is 0 Å². The van der Waals surface area contributed by atoms with E-state index in [1.165, 1.54) is 18.9 Å². The maximum Gasteiger partial charge on any atom is 0.242 e. The van der Waals surface area contributed by atoms with Crippen molar-refractivity contribution in [3.05, 3.63) is 28.8 Å². The number of sulfonamides is 1. The van der Waals surface area contributed by atoms with Gasteiger partial charge < -0.3 is 10.5 Å². The Morgan fingerprint density at radius 3 is 2.71 bits per heavy atom. The molecule has 1 saturated carbocycles. The molecule has 0 atom stereocenters. The van der Waals surface area contributed by atoms with E-state index in [1.807, 2.05) is 0 Å². The van der Waals surface area contributed by atoms with Crippen LogP contribution in [0, 0.1) is 0 Å². The predicted octanol–water partition coefficient (Wildman–Crippen LogP) is 2.04. The van der Waals surface area contributed by atoms with Gasteiger partial charge in [0, 0.05) is 13.1 Å². The number of nitrogens with one attached hydrogen (secondary N) is 1. The molecule has 1 aliphatic carbocycles. The average Bonchev–Trinajstić information content (AvgIpc) is 2.97. The zero-order valence-corrected chi connectivity index (χ0v) is 13.4. The van der Waals surface area contributed by atoms with Gasteiger partial charge in [0.05, 0.1) is 17.7 Å². The lowest BCUT2D eigenvalue weighted by Crippen LogP contribution is -2.29. The molecule has 0 radical (unpaired) electrons. The summed E-state index contributed by atoms with van der Waals surface area (Å²) in [5.41, 5.74) is 6.25. The lowest BCUT2D eigenvalue weighted by molar-refractivity contribution is 0.0626. The summed E-state index contributed by atoms with van der Waals surface area (Å²) in [5.74, 6) is 0. The Morgan fingerprint density at radius 1 is 1.33 bits per heavy atom. The van der Waals surface area contributed by atoms with Gasteiger partial charge >= 0.3 is 0 Å². The smallest absolute Gasteiger partial charge is 0.242 e. The summed E-state index contributed by atoms with van der Waals surface area (Å²) in [6.07, 6.45) is 4.79. The highest BCUT2D eigenvalue weighted by Crippen LogP contribution is 2.23. The zero-order valence-electron chi connectivity index (χ0n) is 11.8. The normalized spacial score (nSPS) is 16.5. The summed E-state index contributed by atoms with van der Waals surface area (Å²) in [5, 5.41) is 0.191. The minimum Gasteiger partial charge on any atom is -0.377 e. The lowest BCUT2D eigenvalue weighted by atomic mass is 10.2. The van der Waals surface area contributed by atoms with Crippen molar-refractivity contribution in [3.63, 3.8) is 0 Å². The van der Waals surface area contributed by atoms with Crippen molar-refractivity contribution in [2.75, 3.05) is 13.2 Å². The molecular formula is C14H21ClN2O3S. The highest BCUT2D eigenvalue weighted by Gasteiger charge is 2.19. The van der Waals surface area contributed by atoms with Crippen molar-refractivity contribution in [2.45, 2.75) is 43.2 Å². The van der Waals surface area contributed by atoms with E-state index in [9.17, 15) is 8.42 Å². The van der Waals surface area contributed by atoms with E-state index in [0.29, 0.717) is 6.61 Å². The monoisotopic (exact) mass is 332 g/mol. The van der Waals surface area contributed by atoms with E-state index >= 15 is 0 Å². The summed E-state index contributed by atoms with van der Waals surface area (Å²) in [6.45, 7) is 0.880. The number of hydrogen-bond donors (Lipinski definition) is 2. The van der Waals surface area contributed by atoms with E-state index < -0.39 is 10.0 Å². The Bertz CT molecular complexity index is 572. The van der Waals surface area contributed by atoms with Gasteiger partial charge in [-0.2, -0.15) is 0 Å². The third-order valence-corrected chi connectivity index (χ3v) is 5.51. The van der Waals surface area contributed by atoms with Gasteiger partial charge in [-0.15, -0.1) is 0 Å². The first kappa shape index (κ1) is 16.7. The number of rotatable bonds is 7. The van der Waals surface area contributed by atoms with Crippen molar-refractivity contribution >= 4 is 21.6 Å². The Labute approximate surface area is 130 Å². The highest BCUT2D eigenvalue weighted by molar-refractivity contribution is 7.89. The molecule has 1 aromatic carbocycles. The Kier molecular flexibility index (Phi) is 6.01. The molecule has 1 aromatic rings. The van der Waals surface area contributed by atoms with Crippen molar-refractivity contribution in [1.82, 2.24) is 4.72 Å². The summed E-state index contributed by atoms with van der Waals surface area (Å²) in [7, 11) is -3.64. The third kappa shape index (κ3) is 4.66. The molecule has 0 heterocycles. The first-order valence-corrected chi connectivity index (χ1v) is 8.99. The Balaban J connectivity index is 1.91. The maximum atomic E-state index is 12.2.